The van der Waals surface area contributed by atoms with Gasteiger partial charge < -0.3 is 9.47 Å². The van der Waals surface area contributed by atoms with Crippen molar-refractivity contribution in [3.8, 4) is 5.75 Å². The maximum atomic E-state index is 12.0. The molecule has 0 saturated heterocycles. The Morgan fingerprint density at radius 3 is 2.60 bits per heavy atom. The highest BCUT2D eigenvalue weighted by Gasteiger charge is 2.22. The molecule has 2 rings (SSSR count). The molecule has 0 aromatic heterocycles. The van der Waals surface area contributed by atoms with Crippen LogP contribution in [0.1, 0.15) is 46.8 Å². The number of unbranched alkanes of at least 4 members (excludes halogenated alkanes) is 1. The first-order valence-corrected chi connectivity index (χ1v) is 7.20. The van der Waals surface area contributed by atoms with Crippen molar-refractivity contribution in [1.82, 2.24) is 0 Å². The van der Waals surface area contributed by atoms with Crippen molar-refractivity contribution >= 4 is 5.97 Å². The molecule has 3 nitrogen and oxygen atoms in total. The number of ether oxygens (including phenoxy) is 2. The second-order valence-electron chi connectivity index (χ2n) is 5.10. The van der Waals surface area contributed by atoms with Crippen LogP contribution in [-0.2, 0) is 17.6 Å². The van der Waals surface area contributed by atoms with Crippen LogP contribution in [0.2, 0.25) is 0 Å². The van der Waals surface area contributed by atoms with Crippen LogP contribution in [-0.4, -0.2) is 19.7 Å². The molecule has 108 valence electrons. The normalized spacial score (nSPS) is 12.9. The van der Waals surface area contributed by atoms with E-state index in [2.05, 4.69) is 19.1 Å². The van der Waals surface area contributed by atoms with Crippen molar-refractivity contribution in [1.29, 1.82) is 0 Å². The quantitative estimate of drug-likeness (QED) is 0.467. The molecule has 1 aliphatic carbocycles. The lowest BCUT2D eigenvalue weighted by Gasteiger charge is -2.21. The summed E-state index contributed by atoms with van der Waals surface area (Å²) in [6.07, 6.45) is 7.98. The third-order valence-electron chi connectivity index (χ3n) is 3.66. The van der Waals surface area contributed by atoms with Gasteiger partial charge >= 0.3 is 5.97 Å². The average molecular weight is 274 g/mol. The van der Waals surface area contributed by atoms with E-state index in [0.29, 0.717) is 5.56 Å². The van der Waals surface area contributed by atoms with Gasteiger partial charge in [-0.3, -0.25) is 0 Å². The molecule has 0 spiro atoms. The maximum absolute atomic E-state index is 12.0. The van der Waals surface area contributed by atoms with Crippen LogP contribution in [0.3, 0.4) is 0 Å². The van der Waals surface area contributed by atoms with Gasteiger partial charge in [0.1, 0.15) is 5.75 Å². The fraction of sp³-hybridized carbons (Fsp3) is 0.471. The van der Waals surface area contributed by atoms with Crippen molar-refractivity contribution in [3.05, 3.63) is 40.5 Å². The van der Waals surface area contributed by atoms with E-state index in [1.807, 2.05) is 13.0 Å². The van der Waals surface area contributed by atoms with Gasteiger partial charge in [-0.05, 0) is 43.4 Å². The summed E-state index contributed by atoms with van der Waals surface area (Å²) in [5.74, 6) is 0.664. The van der Waals surface area contributed by atoms with E-state index in [-0.39, 0.29) is 5.97 Å². The number of hydrogen-bond donors (Lipinski definition) is 0. The van der Waals surface area contributed by atoms with Crippen LogP contribution in [0.25, 0.3) is 0 Å². The molecule has 0 N–H and O–H groups in total. The van der Waals surface area contributed by atoms with Gasteiger partial charge in [0.05, 0.1) is 19.3 Å². The number of hydrogen-bond acceptors (Lipinski definition) is 3. The number of methoxy groups -OCH3 is 1. The minimum Gasteiger partial charge on any atom is -0.493 e. The van der Waals surface area contributed by atoms with E-state index < -0.39 is 0 Å². The Morgan fingerprint density at radius 1 is 1.25 bits per heavy atom. The molecular formula is C17H22O3. The second kappa shape index (κ2) is 6.60. The minimum absolute atomic E-state index is 0.255. The summed E-state index contributed by atoms with van der Waals surface area (Å²) >= 11 is 0. The lowest BCUT2D eigenvalue weighted by Crippen LogP contribution is -2.14. The maximum Gasteiger partial charge on any atom is 0.338 e. The molecule has 0 unspecified atom stereocenters. The molecule has 0 amide bonds. The van der Waals surface area contributed by atoms with Gasteiger partial charge in [-0.15, -0.1) is 0 Å². The summed E-state index contributed by atoms with van der Waals surface area (Å²) in [6.45, 7) is 4.81. The number of benzene rings is 1. The predicted molar refractivity (Wildman–Crippen MR) is 79.5 cm³/mol. The van der Waals surface area contributed by atoms with E-state index in [1.165, 1.54) is 7.11 Å². The zero-order valence-corrected chi connectivity index (χ0v) is 12.5. The lowest BCUT2D eigenvalue weighted by molar-refractivity contribution is 0.0598. The molecule has 0 aliphatic heterocycles. The molecular weight excluding hydrogens is 252 g/mol. The second-order valence-corrected chi connectivity index (χ2v) is 5.10. The van der Waals surface area contributed by atoms with Gasteiger partial charge in [-0.2, -0.15) is 0 Å². The highest BCUT2D eigenvalue weighted by Crippen LogP contribution is 2.33. The van der Waals surface area contributed by atoms with Gasteiger partial charge in [-0.25, -0.2) is 4.79 Å². The summed E-state index contributed by atoms with van der Waals surface area (Å²) in [5.41, 5.74) is 3.83. The van der Waals surface area contributed by atoms with Crippen molar-refractivity contribution in [2.75, 3.05) is 13.7 Å². The summed E-state index contributed by atoms with van der Waals surface area (Å²) in [4.78, 5) is 12.0. The summed E-state index contributed by atoms with van der Waals surface area (Å²) in [6, 6.07) is 1.97. The fourth-order valence-corrected chi connectivity index (χ4v) is 2.59. The number of esters is 1. The summed E-state index contributed by atoms with van der Waals surface area (Å²) in [7, 11) is 1.43. The van der Waals surface area contributed by atoms with Gasteiger partial charge in [0.2, 0.25) is 0 Å². The molecule has 0 heterocycles. The molecule has 0 fully saturated rings. The predicted octanol–water partition coefficient (Wildman–Crippen LogP) is 3.62. The number of aryl methyl sites for hydroxylation is 1. The van der Waals surface area contributed by atoms with Crippen molar-refractivity contribution in [2.24, 2.45) is 0 Å². The van der Waals surface area contributed by atoms with Gasteiger partial charge in [-0.1, -0.05) is 25.5 Å². The first kappa shape index (κ1) is 14.6. The Balaban J connectivity index is 2.42. The van der Waals surface area contributed by atoms with Crippen molar-refractivity contribution in [3.63, 3.8) is 0 Å². The first-order valence-electron chi connectivity index (χ1n) is 7.20. The number of rotatable bonds is 5. The lowest BCUT2D eigenvalue weighted by atomic mass is 9.88. The zero-order valence-electron chi connectivity index (χ0n) is 12.5. The molecule has 0 saturated carbocycles. The molecule has 3 heteroatoms. The monoisotopic (exact) mass is 274 g/mol. The molecule has 0 radical (unpaired) electrons. The van der Waals surface area contributed by atoms with E-state index >= 15 is 0 Å². The van der Waals surface area contributed by atoms with Crippen molar-refractivity contribution in [2.45, 2.75) is 39.5 Å². The van der Waals surface area contributed by atoms with E-state index in [0.717, 1.165) is 54.7 Å². The number of allylic oxidation sites excluding steroid dienone is 2. The summed E-state index contributed by atoms with van der Waals surface area (Å²) < 4.78 is 10.8. The molecule has 0 atom stereocenters. The van der Waals surface area contributed by atoms with Gasteiger partial charge in [0.15, 0.2) is 0 Å². The molecule has 0 bridgehead atoms. The number of fused-ring (bicyclic) bond motifs is 1. The van der Waals surface area contributed by atoms with E-state index in [9.17, 15) is 4.79 Å². The molecule has 1 aliphatic rings. The highest BCUT2D eigenvalue weighted by molar-refractivity contribution is 5.93. The number of carbonyl (C=O) groups excluding carboxylic acids is 1. The van der Waals surface area contributed by atoms with Crippen LogP contribution in [0, 0.1) is 6.92 Å². The van der Waals surface area contributed by atoms with Crippen LogP contribution in [0.15, 0.2) is 18.2 Å². The molecule has 1 aromatic carbocycles. The third kappa shape index (κ3) is 2.87. The Hall–Kier alpha value is -1.77. The molecule has 1 aromatic rings. The van der Waals surface area contributed by atoms with Crippen LogP contribution < -0.4 is 4.74 Å². The van der Waals surface area contributed by atoms with Crippen LogP contribution in [0.5, 0.6) is 5.75 Å². The first-order chi connectivity index (χ1) is 9.69. The Bertz CT molecular complexity index is 530. The Morgan fingerprint density at radius 2 is 1.95 bits per heavy atom. The average Bonchev–Trinajstić information content (AvgIpc) is 2.47. The zero-order chi connectivity index (χ0) is 14.5. The standard InChI is InChI=1S/C17H22O3/c1-4-5-10-20-15-11-12(2)16(17(18)19-3)14-9-7-6-8-13(14)15/h6-7,11H,4-5,8-10H2,1-3H3. The van der Waals surface area contributed by atoms with Gasteiger partial charge in [0.25, 0.3) is 0 Å². The minimum atomic E-state index is -0.255. The largest absolute Gasteiger partial charge is 0.493 e. The van der Waals surface area contributed by atoms with E-state index in [1.54, 1.807) is 0 Å². The van der Waals surface area contributed by atoms with Crippen molar-refractivity contribution < 1.29 is 14.3 Å². The van der Waals surface area contributed by atoms with Gasteiger partial charge in [0, 0.05) is 5.56 Å². The third-order valence-corrected chi connectivity index (χ3v) is 3.66. The summed E-state index contributed by atoms with van der Waals surface area (Å²) in [5, 5.41) is 0. The number of carbonyl (C=O) groups is 1. The van der Waals surface area contributed by atoms with Crippen LogP contribution in [0.4, 0.5) is 0 Å². The fourth-order valence-electron chi connectivity index (χ4n) is 2.59. The smallest absolute Gasteiger partial charge is 0.338 e. The Kier molecular flexibility index (Phi) is 4.83. The van der Waals surface area contributed by atoms with Crippen LogP contribution >= 0.6 is 0 Å². The Labute approximate surface area is 120 Å². The highest BCUT2D eigenvalue weighted by atomic mass is 16.5. The topological polar surface area (TPSA) is 35.5 Å². The SMILES string of the molecule is CCCCOc1cc(C)c(C(=O)OC)c2c1CC=CC2. The van der Waals surface area contributed by atoms with E-state index in [4.69, 9.17) is 9.47 Å². The molecule has 20 heavy (non-hydrogen) atoms.